The molecule has 0 fully saturated rings. The molecule has 0 saturated carbocycles. The summed E-state index contributed by atoms with van der Waals surface area (Å²) in [5.41, 5.74) is 7.40. The minimum atomic E-state index is 0.0964. The van der Waals surface area contributed by atoms with Crippen molar-refractivity contribution < 1.29 is 4.79 Å². The van der Waals surface area contributed by atoms with Gasteiger partial charge in [0.2, 0.25) is 5.91 Å². The lowest BCUT2D eigenvalue weighted by Crippen LogP contribution is -2.21. The summed E-state index contributed by atoms with van der Waals surface area (Å²) in [5, 5.41) is 0. The molecular formula is C13H18ClN3O. The lowest BCUT2D eigenvalue weighted by atomic mass is 10.1. The number of amides is 1. The van der Waals surface area contributed by atoms with Gasteiger partial charge in [-0.15, -0.1) is 11.6 Å². The second kappa shape index (κ2) is 7.01. The van der Waals surface area contributed by atoms with Crippen LogP contribution in [0.3, 0.4) is 0 Å². The van der Waals surface area contributed by atoms with Crippen molar-refractivity contribution in [2.24, 2.45) is 10.7 Å². The van der Waals surface area contributed by atoms with Gasteiger partial charge in [-0.25, -0.2) is 4.99 Å². The number of hydrogen-bond donors (Lipinski definition) is 1. The predicted molar refractivity (Wildman–Crippen MR) is 75.5 cm³/mol. The molecule has 0 aliphatic heterocycles. The number of para-hydroxylation sites is 1. The highest BCUT2D eigenvalue weighted by molar-refractivity contribution is 6.28. The highest BCUT2D eigenvalue weighted by Gasteiger charge is 2.07. The van der Waals surface area contributed by atoms with E-state index in [0.29, 0.717) is 18.7 Å². The van der Waals surface area contributed by atoms with E-state index in [9.17, 15) is 4.79 Å². The Labute approximate surface area is 112 Å². The van der Waals surface area contributed by atoms with Crippen molar-refractivity contribution >= 4 is 29.0 Å². The Kier molecular flexibility index (Phi) is 5.65. The first-order chi connectivity index (χ1) is 8.54. The van der Waals surface area contributed by atoms with Crippen molar-refractivity contribution in [1.29, 1.82) is 0 Å². The van der Waals surface area contributed by atoms with E-state index in [4.69, 9.17) is 17.3 Å². The maximum absolute atomic E-state index is 11.6. The summed E-state index contributed by atoms with van der Waals surface area (Å²) in [5.74, 6) is 0.674. The molecule has 4 nitrogen and oxygen atoms in total. The van der Waals surface area contributed by atoms with Gasteiger partial charge in [0.15, 0.2) is 0 Å². The summed E-state index contributed by atoms with van der Waals surface area (Å²) < 4.78 is 0. The van der Waals surface area contributed by atoms with E-state index in [1.807, 2.05) is 24.3 Å². The highest BCUT2D eigenvalue weighted by atomic mass is 35.5. The summed E-state index contributed by atoms with van der Waals surface area (Å²) in [6, 6.07) is 7.63. The molecule has 2 N–H and O–H groups in total. The van der Waals surface area contributed by atoms with Crippen LogP contribution in [0.1, 0.15) is 12.0 Å². The number of aliphatic imine (C=N–C) groups is 1. The zero-order chi connectivity index (χ0) is 13.5. The van der Waals surface area contributed by atoms with Crippen molar-refractivity contribution in [3.05, 3.63) is 29.8 Å². The number of aryl methyl sites for hydroxylation is 1. The Morgan fingerprint density at radius 1 is 1.39 bits per heavy atom. The Bertz CT molecular complexity index is 444. The van der Waals surface area contributed by atoms with Crippen molar-refractivity contribution in [2.75, 3.05) is 20.0 Å². The van der Waals surface area contributed by atoms with Crippen LogP contribution < -0.4 is 5.73 Å². The van der Waals surface area contributed by atoms with E-state index in [-0.39, 0.29) is 11.8 Å². The van der Waals surface area contributed by atoms with E-state index < -0.39 is 0 Å². The Balaban J connectivity index is 2.80. The van der Waals surface area contributed by atoms with Crippen LogP contribution in [0.25, 0.3) is 0 Å². The summed E-state index contributed by atoms with van der Waals surface area (Å²) in [6.07, 6.45) is 1.10. The Hall–Kier alpha value is -1.55. The third-order valence-corrected chi connectivity index (χ3v) is 2.77. The van der Waals surface area contributed by atoms with Gasteiger partial charge in [-0.2, -0.15) is 0 Å². The third-order valence-electron chi connectivity index (χ3n) is 2.50. The number of carbonyl (C=O) groups excluding carboxylic acids is 1. The van der Waals surface area contributed by atoms with Gasteiger partial charge >= 0.3 is 0 Å². The number of rotatable bonds is 5. The number of nitrogens with zero attached hydrogens (tertiary/aromatic N) is 2. The molecule has 0 radical (unpaired) electrons. The van der Waals surface area contributed by atoms with Gasteiger partial charge in [-0.1, -0.05) is 18.2 Å². The lowest BCUT2D eigenvalue weighted by molar-refractivity contribution is -0.128. The molecule has 0 spiro atoms. The molecule has 0 unspecified atom stereocenters. The van der Waals surface area contributed by atoms with E-state index in [1.54, 1.807) is 19.0 Å². The monoisotopic (exact) mass is 267 g/mol. The molecule has 0 heterocycles. The van der Waals surface area contributed by atoms with Crippen molar-refractivity contribution in [3.63, 3.8) is 0 Å². The van der Waals surface area contributed by atoms with Crippen molar-refractivity contribution in [1.82, 2.24) is 4.90 Å². The molecule has 1 amide bonds. The first-order valence-corrected chi connectivity index (χ1v) is 6.25. The molecule has 0 saturated heterocycles. The van der Waals surface area contributed by atoms with E-state index in [1.165, 1.54) is 0 Å². The van der Waals surface area contributed by atoms with Gasteiger partial charge in [0.05, 0.1) is 11.6 Å². The molecule has 18 heavy (non-hydrogen) atoms. The molecule has 0 bridgehead atoms. The van der Waals surface area contributed by atoms with Gasteiger partial charge in [-0.05, 0) is 18.1 Å². The molecule has 1 rings (SSSR count). The molecule has 0 aliphatic rings. The normalized spacial score (nSPS) is 11.4. The number of amidine groups is 1. The second-order valence-electron chi connectivity index (χ2n) is 4.15. The van der Waals surface area contributed by atoms with Gasteiger partial charge < -0.3 is 10.6 Å². The van der Waals surface area contributed by atoms with Gasteiger partial charge in [0, 0.05) is 20.5 Å². The van der Waals surface area contributed by atoms with E-state index in [0.717, 1.165) is 11.3 Å². The summed E-state index contributed by atoms with van der Waals surface area (Å²) in [7, 11) is 3.50. The largest absolute Gasteiger partial charge is 0.386 e. The van der Waals surface area contributed by atoms with Gasteiger partial charge in [0.1, 0.15) is 5.84 Å². The topological polar surface area (TPSA) is 58.7 Å². The Morgan fingerprint density at radius 2 is 2.06 bits per heavy atom. The van der Waals surface area contributed by atoms with Crippen LogP contribution in [0, 0.1) is 0 Å². The van der Waals surface area contributed by atoms with E-state index in [2.05, 4.69) is 4.99 Å². The summed E-state index contributed by atoms with van der Waals surface area (Å²) in [6.45, 7) is 0. The van der Waals surface area contributed by atoms with Crippen LogP contribution in [0.5, 0.6) is 0 Å². The number of hydrogen-bond acceptors (Lipinski definition) is 2. The fourth-order valence-electron chi connectivity index (χ4n) is 1.48. The zero-order valence-electron chi connectivity index (χ0n) is 10.7. The Morgan fingerprint density at radius 3 is 2.67 bits per heavy atom. The van der Waals surface area contributed by atoms with Crippen LogP contribution >= 0.6 is 11.6 Å². The zero-order valence-corrected chi connectivity index (χ0v) is 11.4. The maximum Gasteiger partial charge on any atom is 0.222 e. The standard InChI is InChI=1S/C13H18ClN3O/c1-17(2)13(18)8-7-10-5-3-4-6-11(10)16-12(15)9-14/h3-6H,7-9H2,1-2H3,(H2,15,16). The highest BCUT2D eigenvalue weighted by Crippen LogP contribution is 2.20. The summed E-state index contributed by atoms with van der Waals surface area (Å²) in [4.78, 5) is 17.4. The number of halogens is 1. The molecule has 1 aromatic carbocycles. The predicted octanol–water partition coefficient (Wildman–Crippen LogP) is 1.93. The average molecular weight is 268 g/mol. The van der Waals surface area contributed by atoms with Crippen LogP contribution in [-0.2, 0) is 11.2 Å². The molecule has 0 aliphatic carbocycles. The second-order valence-corrected chi connectivity index (χ2v) is 4.42. The van der Waals surface area contributed by atoms with Crippen LogP contribution in [0.15, 0.2) is 29.3 Å². The molecule has 5 heteroatoms. The van der Waals surface area contributed by atoms with Gasteiger partial charge in [0.25, 0.3) is 0 Å². The first-order valence-electron chi connectivity index (χ1n) is 5.71. The fourth-order valence-corrected chi connectivity index (χ4v) is 1.54. The average Bonchev–Trinajstić information content (AvgIpc) is 2.37. The SMILES string of the molecule is CN(C)C(=O)CCc1ccccc1N=C(N)CCl. The van der Waals surface area contributed by atoms with Crippen LogP contribution in [-0.4, -0.2) is 36.6 Å². The molecule has 1 aromatic rings. The maximum atomic E-state index is 11.6. The van der Waals surface area contributed by atoms with Crippen molar-refractivity contribution in [2.45, 2.75) is 12.8 Å². The van der Waals surface area contributed by atoms with Gasteiger partial charge in [-0.3, -0.25) is 4.79 Å². The first kappa shape index (κ1) is 14.5. The number of carbonyl (C=O) groups is 1. The fraction of sp³-hybridized carbons (Fsp3) is 0.385. The number of benzene rings is 1. The quantitative estimate of drug-likeness (QED) is 0.503. The minimum Gasteiger partial charge on any atom is -0.386 e. The molecule has 0 atom stereocenters. The molecule has 0 aromatic heterocycles. The third kappa shape index (κ3) is 4.37. The minimum absolute atomic E-state index is 0.0964. The molecule has 98 valence electrons. The lowest BCUT2D eigenvalue weighted by Gasteiger charge is -2.11. The number of alkyl halides is 1. The van der Waals surface area contributed by atoms with Crippen LogP contribution in [0.2, 0.25) is 0 Å². The van der Waals surface area contributed by atoms with E-state index >= 15 is 0 Å². The van der Waals surface area contributed by atoms with Crippen LogP contribution in [0.4, 0.5) is 5.69 Å². The van der Waals surface area contributed by atoms with Crippen molar-refractivity contribution in [3.8, 4) is 0 Å². The smallest absolute Gasteiger partial charge is 0.222 e. The number of nitrogens with two attached hydrogens (primary N) is 1. The summed E-state index contributed by atoms with van der Waals surface area (Å²) >= 11 is 5.61. The molecular weight excluding hydrogens is 250 g/mol.